The van der Waals surface area contributed by atoms with Crippen LogP contribution in [0.2, 0.25) is 0 Å². The molecule has 2 amide bonds. The van der Waals surface area contributed by atoms with E-state index in [-0.39, 0.29) is 47.2 Å². The summed E-state index contributed by atoms with van der Waals surface area (Å²) in [5, 5.41) is 2.54. The van der Waals surface area contributed by atoms with E-state index in [1.54, 1.807) is 4.57 Å². The fourth-order valence-electron chi connectivity index (χ4n) is 5.57. The maximum atomic E-state index is 14.0. The van der Waals surface area contributed by atoms with Crippen LogP contribution in [0.15, 0.2) is 29.2 Å². The Balaban J connectivity index is 1.49. The number of amides is 2. The number of fused-ring (bicyclic) bond motifs is 2. The van der Waals surface area contributed by atoms with Gasteiger partial charge in [0, 0.05) is 37.5 Å². The van der Waals surface area contributed by atoms with Gasteiger partial charge in [0.2, 0.25) is 5.43 Å². The normalized spacial score (nSPS) is 22.5. The van der Waals surface area contributed by atoms with Crippen LogP contribution in [-0.4, -0.2) is 40.0 Å². The molecule has 1 aliphatic carbocycles. The van der Waals surface area contributed by atoms with Gasteiger partial charge in [-0.15, -0.1) is 0 Å². The van der Waals surface area contributed by atoms with Gasteiger partial charge < -0.3 is 19.5 Å². The Kier molecular flexibility index (Phi) is 5.65. The summed E-state index contributed by atoms with van der Waals surface area (Å²) in [4.78, 5) is 41.6. The third-order valence-electron chi connectivity index (χ3n) is 7.29. The lowest BCUT2D eigenvalue weighted by molar-refractivity contribution is 0.0395. The first kappa shape index (κ1) is 22.6. The summed E-state index contributed by atoms with van der Waals surface area (Å²) in [6.07, 6.45) is 5.85. The predicted molar refractivity (Wildman–Crippen MR) is 120 cm³/mol. The minimum Gasteiger partial charge on any atom is -0.487 e. The Morgan fingerprint density at radius 1 is 1.29 bits per heavy atom. The maximum absolute atomic E-state index is 14.0. The van der Waals surface area contributed by atoms with E-state index in [0.29, 0.717) is 25.4 Å². The molecule has 0 unspecified atom stereocenters. The van der Waals surface area contributed by atoms with E-state index >= 15 is 0 Å². The number of benzene rings is 1. The fraction of sp³-hybridized carbons (Fsp3) is 0.480. The highest BCUT2D eigenvalue weighted by Crippen LogP contribution is 2.50. The largest absolute Gasteiger partial charge is 0.487 e. The number of carbonyl (C=O) groups excluding carboxylic acids is 2. The molecule has 5 rings (SSSR count). The second-order valence-electron chi connectivity index (χ2n) is 9.55. The molecule has 2 fully saturated rings. The monoisotopic (exact) mass is 471 g/mol. The van der Waals surface area contributed by atoms with Crippen molar-refractivity contribution in [2.45, 2.75) is 57.7 Å². The second kappa shape index (κ2) is 8.52. The summed E-state index contributed by atoms with van der Waals surface area (Å²) in [5.74, 6) is -2.06. The zero-order chi connectivity index (χ0) is 24.0. The van der Waals surface area contributed by atoms with Crippen molar-refractivity contribution in [1.82, 2.24) is 14.8 Å². The summed E-state index contributed by atoms with van der Waals surface area (Å²) in [6.45, 7) is 3.22. The van der Waals surface area contributed by atoms with Crippen LogP contribution in [0.5, 0.6) is 5.75 Å². The van der Waals surface area contributed by atoms with E-state index < -0.39 is 23.0 Å². The highest BCUT2D eigenvalue weighted by Gasteiger charge is 2.56. The number of carbonyl (C=O) groups is 2. The smallest absolute Gasteiger partial charge is 0.275 e. The number of halogens is 2. The number of nitrogens with one attached hydrogen (secondary N) is 1. The van der Waals surface area contributed by atoms with Crippen molar-refractivity contribution in [1.29, 1.82) is 0 Å². The first-order valence-electron chi connectivity index (χ1n) is 11.8. The molecule has 1 saturated heterocycles. The number of nitrogens with zero attached hydrogens (tertiary/aromatic N) is 2. The lowest BCUT2D eigenvalue weighted by Crippen LogP contribution is -2.56. The minimum atomic E-state index is -0.784. The van der Waals surface area contributed by atoms with Crippen molar-refractivity contribution in [3.8, 4) is 5.75 Å². The van der Waals surface area contributed by atoms with Gasteiger partial charge in [-0.05, 0) is 37.7 Å². The van der Waals surface area contributed by atoms with Crippen LogP contribution < -0.4 is 15.5 Å². The molecule has 3 aliphatic rings. The van der Waals surface area contributed by atoms with Crippen LogP contribution >= 0.6 is 0 Å². The molecule has 34 heavy (non-hydrogen) atoms. The van der Waals surface area contributed by atoms with Gasteiger partial charge in [-0.3, -0.25) is 14.4 Å². The van der Waals surface area contributed by atoms with Gasteiger partial charge in [0.05, 0.1) is 12.1 Å². The topological polar surface area (TPSA) is 80.6 Å². The van der Waals surface area contributed by atoms with Gasteiger partial charge in [0.1, 0.15) is 17.2 Å². The standard InChI is InChI=1S/C25H27F2N3O4/c1-2-3-8-34-22-20-24(33)30-12-15-6-7-25(30,10-15)14-29(20)13-18(21(22)31)23(32)28-11-16-4-5-17(26)9-19(16)27/h4-5,9,13,15H,2-3,6-8,10-12,14H2,1H3,(H,28,32)/t15-,25+/m1/s1. The number of ether oxygens (including phenoxy) is 1. The Labute approximate surface area is 195 Å². The molecule has 1 aromatic heterocycles. The molecule has 3 heterocycles. The zero-order valence-electron chi connectivity index (χ0n) is 19.0. The number of piperidine rings is 1. The third-order valence-corrected chi connectivity index (χ3v) is 7.29. The molecule has 2 atom stereocenters. The van der Waals surface area contributed by atoms with Gasteiger partial charge in [0.15, 0.2) is 11.4 Å². The van der Waals surface area contributed by atoms with Gasteiger partial charge >= 0.3 is 0 Å². The number of hydrogen-bond donors (Lipinski definition) is 1. The number of pyridine rings is 1. The Morgan fingerprint density at radius 2 is 2.12 bits per heavy atom. The number of aromatic nitrogens is 1. The molecule has 2 aromatic rings. The molecule has 1 N–H and O–H groups in total. The van der Waals surface area contributed by atoms with E-state index in [1.165, 1.54) is 12.3 Å². The average molecular weight is 472 g/mol. The van der Waals surface area contributed by atoms with Crippen LogP contribution in [0.4, 0.5) is 8.78 Å². The van der Waals surface area contributed by atoms with Crippen molar-refractivity contribution in [3.05, 3.63) is 63.1 Å². The van der Waals surface area contributed by atoms with Gasteiger partial charge in [-0.1, -0.05) is 19.4 Å². The van der Waals surface area contributed by atoms with E-state index in [2.05, 4.69) is 5.32 Å². The van der Waals surface area contributed by atoms with Gasteiger partial charge in [0.25, 0.3) is 11.8 Å². The summed E-state index contributed by atoms with van der Waals surface area (Å²) in [5.41, 5.74) is -0.813. The molecule has 7 nitrogen and oxygen atoms in total. The molecule has 2 bridgehead atoms. The zero-order valence-corrected chi connectivity index (χ0v) is 19.0. The van der Waals surface area contributed by atoms with Crippen molar-refractivity contribution < 1.29 is 23.1 Å². The first-order valence-corrected chi connectivity index (χ1v) is 11.8. The third kappa shape index (κ3) is 3.67. The first-order chi connectivity index (χ1) is 16.3. The highest BCUT2D eigenvalue weighted by atomic mass is 19.1. The van der Waals surface area contributed by atoms with Crippen LogP contribution in [0.25, 0.3) is 0 Å². The Hall–Kier alpha value is -3.23. The van der Waals surface area contributed by atoms with Crippen molar-refractivity contribution in [2.75, 3.05) is 13.2 Å². The molecule has 1 saturated carbocycles. The lowest BCUT2D eigenvalue weighted by Gasteiger charge is -2.44. The van der Waals surface area contributed by atoms with Crippen LogP contribution in [0.3, 0.4) is 0 Å². The quantitative estimate of drug-likeness (QED) is 0.629. The van der Waals surface area contributed by atoms with Crippen LogP contribution in [0, 0.1) is 17.6 Å². The van der Waals surface area contributed by atoms with E-state index in [0.717, 1.165) is 37.8 Å². The fourth-order valence-corrected chi connectivity index (χ4v) is 5.57. The lowest BCUT2D eigenvalue weighted by atomic mass is 9.93. The molecule has 180 valence electrons. The number of rotatable bonds is 7. The van der Waals surface area contributed by atoms with Crippen molar-refractivity contribution in [3.63, 3.8) is 0 Å². The molecule has 9 heteroatoms. The van der Waals surface area contributed by atoms with E-state index in [4.69, 9.17) is 4.74 Å². The Bertz CT molecular complexity index is 1230. The van der Waals surface area contributed by atoms with Gasteiger partial charge in [-0.2, -0.15) is 0 Å². The van der Waals surface area contributed by atoms with E-state index in [9.17, 15) is 23.2 Å². The van der Waals surface area contributed by atoms with Crippen LogP contribution in [0.1, 0.15) is 65.4 Å². The van der Waals surface area contributed by atoms with Gasteiger partial charge in [-0.25, -0.2) is 8.78 Å². The molecule has 0 radical (unpaired) electrons. The highest BCUT2D eigenvalue weighted by molar-refractivity contribution is 5.99. The van der Waals surface area contributed by atoms with E-state index in [1.807, 2.05) is 11.8 Å². The summed E-state index contributed by atoms with van der Waals surface area (Å²) < 4.78 is 34.6. The second-order valence-corrected chi connectivity index (χ2v) is 9.55. The number of hydrogen-bond acceptors (Lipinski definition) is 4. The number of unbranched alkanes of at least 4 members (excludes halogenated alkanes) is 1. The maximum Gasteiger partial charge on any atom is 0.275 e. The minimum absolute atomic E-state index is 0.0971. The average Bonchev–Trinajstić information content (AvgIpc) is 3.38. The van der Waals surface area contributed by atoms with Crippen LogP contribution in [-0.2, 0) is 13.1 Å². The summed E-state index contributed by atoms with van der Waals surface area (Å²) >= 11 is 0. The molecular formula is C25H27F2N3O4. The SMILES string of the molecule is CCCCOc1c2n(cc(C(=O)NCc3ccc(F)cc3F)c1=O)C[C@@]13CC[C@@H](CN1C2=O)C3. The predicted octanol–water partition coefficient (Wildman–Crippen LogP) is 3.24. The molecule has 1 aromatic carbocycles. The molecular weight excluding hydrogens is 444 g/mol. The summed E-state index contributed by atoms with van der Waals surface area (Å²) in [7, 11) is 0. The molecule has 2 aliphatic heterocycles. The summed E-state index contributed by atoms with van der Waals surface area (Å²) in [6, 6.07) is 3.08. The van der Waals surface area contributed by atoms with Crippen molar-refractivity contribution >= 4 is 11.8 Å². The van der Waals surface area contributed by atoms with Crippen molar-refractivity contribution in [2.24, 2.45) is 5.92 Å². The Morgan fingerprint density at radius 3 is 2.85 bits per heavy atom. The molecule has 1 spiro atoms.